The predicted molar refractivity (Wildman–Crippen MR) is 107 cm³/mol. The maximum absolute atomic E-state index is 13.8. The average molecular weight is 418 g/mol. The fourth-order valence-electron chi connectivity index (χ4n) is 3.39. The number of hydrogen-bond donors (Lipinski definition) is 1. The normalized spacial score (nSPS) is 14.2. The molecule has 0 unspecified atom stereocenters. The molecule has 0 bridgehead atoms. The van der Waals surface area contributed by atoms with Gasteiger partial charge in [-0.1, -0.05) is 11.3 Å². The molecule has 1 aromatic heterocycles. The van der Waals surface area contributed by atoms with Gasteiger partial charge in [-0.25, -0.2) is 13.8 Å². The fraction of sp³-hybridized carbons (Fsp3) is 0.263. The number of rotatable bonds is 4. The van der Waals surface area contributed by atoms with Gasteiger partial charge in [0, 0.05) is 30.8 Å². The Labute approximate surface area is 168 Å². The van der Waals surface area contributed by atoms with Crippen LogP contribution in [0.5, 0.6) is 0 Å². The zero-order valence-electron chi connectivity index (χ0n) is 15.2. The molecule has 150 valence electrons. The van der Waals surface area contributed by atoms with Crippen LogP contribution >= 0.6 is 11.3 Å². The molecule has 0 saturated carbocycles. The number of thiazole rings is 1. The number of nitro groups is 1. The van der Waals surface area contributed by atoms with E-state index in [9.17, 15) is 23.7 Å². The number of aromatic nitrogens is 1. The Morgan fingerprint density at radius 3 is 2.66 bits per heavy atom. The highest BCUT2D eigenvalue weighted by Crippen LogP contribution is 2.32. The lowest BCUT2D eigenvalue weighted by Gasteiger charge is -2.28. The lowest BCUT2D eigenvalue weighted by atomic mass is 10.1. The molecular formula is C19H16F2N4O3S. The minimum atomic E-state index is -0.821. The molecule has 2 heterocycles. The summed E-state index contributed by atoms with van der Waals surface area (Å²) in [6, 6.07) is 6.17. The van der Waals surface area contributed by atoms with Crippen molar-refractivity contribution in [2.24, 2.45) is 0 Å². The molecule has 10 heteroatoms. The molecule has 1 N–H and O–H groups in total. The molecule has 2 aromatic carbocycles. The molecule has 7 nitrogen and oxygen atoms in total. The smallest absolute Gasteiger partial charge is 0.293 e. The molecule has 1 amide bonds. The minimum Gasteiger partial charge on any atom is -0.366 e. The molecule has 0 atom stereocenters. The van der Waals surface area contributed by atoms with Gasteiger partial charge in [-0.05, 0) is 37.5 Å². The summed E-state index contributed by atoms with van der Waals surface area (Å²) in [6.07, 6.45) is 3.03. The third kappa shape index (κ3) is 3.88. The molecule has 1 fully saturated rings. The Bertz CT molecular complexity index is 1110. The van der Waals surface area contributed by atoms with Crippen LogP contribution in [-0.2, 0) is 0 Å². The fourth-order valence-corrected chi connectivity index (χ4v) is 4.29. The van der Waals surface area contributed by atoms with E-state index in [1.54, 1.807) is 6.07 Å². The van der Waals surface area contributed by atoms with Crippen LogP contribution in [0.2, 0.25) is 0 Å². The van der Waals surface area contributed by atoms with Crippen molar-refractivity contribution in [2.75, 3.05) is 23.3 Å². The van der Waals surface area contributed by atoms with E-state index in [1.165, 1.54) is 12.1 Å². The average Bonchev–Trinajstić information content (AvgIpc) is 3.10. The van der Waals surface area contributed by atoms with Gasteiger partial charge in [0.25, 0.3) is 11.6 Å². The first-order chi connectivity index (χ1) is 13.9. The summed E-state index contributed by atoms with van der Waals surface area (Å²) < 4.78 is 27.4. The van der Waals surface area contributed by atoms with Crippen LogP contribution < -0.4 is 10.2 Å². The highest BCUT2D eigenvalue weighted by atomic mass is 32.1. The number of hydrogen-bond acceptors (Lipinski definition) is 6. The Hall–Kier alpha value is -3.14. The van der Waals surface area contributed by atoms with E-state index >= 15 is 0 Å². The summed E-state index contributed by atoms with van der Waals surface area (Å²) in [4.78, 5) is 29.5. The van der Waals surface area contributed by atoms with Crippen molar-refractivity contribution in [3.8, 4) is 0 Å². The Balaban J connectivity index is 1.61. The van der Waals surface area contributed by atoms with Crippen LogP contribution in [0.3, 0.4) is 0 Å². The van der Waals surface area contributed by atoms with Crippen molar-refractivity contribution in [3.05, 3.63) is 57.6 Å². The van der Waals surface area contributed by atoms with Crippen molar-refractivity contribution in [3.63, 3.8) is 0 Å². The Morgan fingerprint density at radius 1 is 1.17 bits per heavy atom. The molecular weight excluding hydrogens is 402 g/mol. The van der Waals surface area contributed by atoms with Gasteiger partial charge in [0.05, 0.1) is 9.62 Å². The number of amides is 1. The van der Waals surface area contributed by atoms with Crippen molar-refractivity contribution in [1.29, 1.82) is 0 Å². The summed E-state index contributed by atoms with van der Waals surface area (Å²) in [5.74, 6) is -2.17. The van der Waals surface area contributed by atoms with Crippen molar-refractivity contribution in [2.45, 2.75) is 19.3 Å². The van der Waals surface area contributed by atoms with Gasteiger partial charge in [0.2, 0.25) is 0 Å². The number of nitro benzene ring substituents is 1. The molecule has 1 saturated heterocycles. The van der Waals surface area contributed by atoms with Crippen molar-refractivity contribution >= 4 is 44.0 Å². The maximum Gasteiger partial charge on any atom is 0.293 e. The SMILES string of the molecule is O=C(Nc1nc2c(F)cc(F)cc2s1)c1ccc(N2CCCCC2)c([N+](=O)[O-])c1. The molecule has 0 spiro atoms. The summed E-state index contributed by atoms with van der Waals surface area (Å²) in [5, 5.41) is 14.1. The van der Waals surface area contributed by atoms with E-state index in [1.807, 2.05) is 4.90 Å². The second kappa shape index (κ2) is 7.70. The number of carbonyl (C=O) groups excluding carboxylic acids is 1. The lowest BCUT2D eigenvalue weighted by molar-refractivity contribution is -0.384. The van der Waals surface area contributed by atoms with Crippen molar-refractivity contribution < 1.29 is 18.5 Å². The van der Waals surface area contributed by atoms with Crippen LogP contribution in [-0.4, -0.2) is 28.9 Å². The summed E-state index contributed by atoms with van der Waals surface area (Å²) >= 11 is 0.920. The largest absolute Gasteiger partial charge is 0.366 e. The van der Waals surface area contributed by atoms with E-state index in [0.717, 1.165) is 55.8 Å². The van der Waals surface area contributed by atoms with Crippen LogP contribution in [0.25, 0.3) is 10.2 Å². The zero-order valence-corrected chi connectivity index (χ0v) is 16.0. The number of nitrogens with one attached hydrogen (secondary N) is 1. The monoisotopic (exact) mass is 418 g/mol. The summed E-state index contributed by atoms with van der Waals surface area (Å²) in [6.45, 7) is 1.47. The Morgan fingerprint density at radius 2 is 1.93 bits per heavy atom. The van der Waals surface area contributed by atoms with Gasteiger partial charge < -0.3 is 4.90 Å². The quantitative estimate of drug-likeness (QED) is 0.489. The van der Waals surface area contributed by atoms with Crippen LogP contribution in [0.15, 0.2) is 30.3 Å². The number of benzene rings is 2. The zero-order chi connectivity index (χ0) is 20.5. The number of fused-ring (bicyclic) bond motifs is 1. The van der Waals surface area contributed by atoms with Crippen LogP contribution in [0, 0.1) is 21.7 Å². The highest BCUT2D eigenvalue weighted by Gasteiger charge is 2.23. The molecule has 4 rings (SSSR count). The van der Waals surface area contributed by atoms with Crippen molar-refractivity contribution in [1.82, 2.24) is 4.98 Å². The van der Waals surface area contributed by atoms with Gasteiger partial charge in [-0.15, -0.1) is 0 Å². The summed E-state index contributed by atoms with van der Waals surface area (Å²) in [5.41, 5.74) is 0.391. The first kappa shape index (κ1) is 19.2. The lowest BCUT2D eigenvalue weighted by Crippen LogP contribution is -2.30. The van der Waals surface area contributed by atoms with E-state index in [0.29, 0.717) is 5.69 Å². The molecule has 29 heavy (non-hydrogen) atoms. The van der Waals surface area contributed by atoms with E-state index in [4.69, 9.17) is 0 Å². The maximum atomic E-state index is 13.8. The summed E-state index contributed by atoms with van der Waals surface area (Å²) in [7, 11) is 0. The third-order valence-corrected chi connectivity index (χ3v) is 5.68. The second-order valence-electron chi connectivity index (χ2n) is 6.72. The second-order valence-corrected chi connectivity index (χ2v) is 7.75. The molecule has 3 aromatic rings. The van der Waals surface area contributed by atoms with E-state index in [-0.39, 0.29) is 26.6 Å². The molecule has 1 aliphatic heterocycles. The predicted octanol–water partition coefficient (Wildman–Crippen LogP) is 4.73. The van der Waals surface area contributed by atoms with E-state index < -0.39 is 22.5 Å². The van der Waals surface area contributed by atoms with Gasteiger partial charge in [0.15, 0.2) is 10.9 Å². The van der Waals surface area contributed by atoms with Gasteiger partial charge in [0.1, 0.15) is 17.0 Å². The first-order valence-corrected chi connectivity index (χ1v) is 9.84. The number of anilines is 2. The highest BCUT2D eigenvalue weighted by molar-refractivity contribution is 7.22. The first-order valence-electron chi connectivity index (χ1n) is 9.03. The number of halogens is 2. The number of piperidine rings is 1. The van der Waals surface area contributed by atoms with Gasteiger partial charge >= 0.3 is 0 Å². The van der Waals surface area contributed by atoms with Gasteiger partial charge in [-0.2, -0.15) is 0 Å². The van der Waals surface area contributed by atoms with E-state index in [2.05, 4.69) is 10.3 Å². The van der Waals surface area contributed by atoms with Gasteiger partial charge in [-0.3, -0.25) is 20.2 Å². The van der Waals surface area contributed by atoms with Crippen LogP contribution in [0.4, 0.5) is 25.3 Å². The minimum absolute atomic E-state index is 0.0434. The molecule has 0 radical (unpaired) electrons. The molecule has 1 aliphatic rings. The Kier molecular flexibility index (Phi) is 5.10. The third-order valence-electron chi connectivity index (χ3n) is 4.76. The molecule has 0 aliphatic carbocycles. The topological polar surface area (TPSA) is 88.4 Å². The number of carbonyl (C=O) groups is 1. The number of nitrogens with zero attached hydrogens (tertiary/aromatic N) is 3. The standard InChI is InChI=1S/C19H16F2N4O3S/c20-12-9-13(21)17-16(10-12)29-19(22-17)23-18(26)11-4-5-14(15(8-11)25(27)28)24-6-2-1-3-7-24/h4-5,8-10H,1-3,6-7H2,(H,22,23,26). The van der Waals surface area contributed by atoms with Crippen LogP contribution in [0.1, 0.15) is 29.6 Å².